The highest BCUT2D eigenvalue weighted by atomic mass is 32.1. The van der Waals surface area contributed by atoms with Crippen LogP contribution in [0.25, 0.3) is 0 Å². The maximum absolute atomic E-state index is 15.2. The summed E-state index contributed by atoms with van der Waals surface area (Å²) in [5.41, 5.74) is 8.13. The van der Waals surface area contributed by atoms with Crippen molar-refractivity contribution in [3.63, 3.8) is 0 Å². The second-order valence-corrected chi connectivity index (χ2v) is 9.95. The van der Waals surface area contributed by atoms with E-state index in [9.17, 15) is 14.4 Å². The quantitative estimate of drug-likeness (QED) is 0.378. The second kappa shape index (κ2) is 10.3. The molecule has 2 N–H and O–H groups in total. The van der Waals surface area contributed by atoms with E-state index in [1.54, 1.807) is 24.3 Å². The lowest BCUT2D eigenvalue weighted by Gasteiger charge is -2.43. The molecule has 0 unspecified atom stereocenters. The van der Waals surface area contributed by atoms with Crippen molar-refractivity contribution in [2.24, 2.45) is 11.7 Å². The van der Waals surface area contributed by atoms with E-state index >= 15 is 4.39 Å². The van der Waals surface area contributed by atoms with Crippen LogP contribution in [0.5, 0.6) is 0 Å². The molecule has 1 aliphatic carbocycles. The number of ketones is 1. The van der Waals surface area contributed by atoms with Gasteiger partial charge in [-0.3, -0.25) is 14.5 Å². The number of benzene rings is 2. The molecule has 1 aliphatic heterocycles. The molecule has 9 heteroatoms. The number of carbonyl (C=O) groups excluding carboxylic acids is 3. The van der Waals surface area contributed by atoms with Crippen molar-refractivity contribution in [3.8, 4) is 0 Å². The number of anilines is 1. The van der Waals surface area contributed by atoms with Gasteiger partial charge < -0.3 is 15.2 Å². The number of esters is 2. The van der Waals surface area contributed by atoms with E-state index in [-0.39, 0.29) is 29.1 Å². The summed E-state index contributed by atoms with van der Waals surface area (Å²) in [7, 11) is 2.46. The van der Waals surface area contributed by atoms with Crippen LogP contribution in [0.4, 0.5) is 10.1 Å². The third-order valence-corrected chi connectivity index (χ3v) is 7.98. The predicted molar refractivity (Wildman–Crippen MR) is 141 cm³/mol. The van der Waals surface area contributed by atoms with Gasteiger partial charge in [0.1, 0.15) is 17.6 Å². The summed E-state index contributed by atoms with van der Waals surface area (Å²) in [6.07, 6.45) is 0.177. The molecule has 0 amide bonds. The first-order valence-corrected chi connectivity index (χ1v) is 12.8. The van der Waals surface area contributed by atoms with Crippen molar-refractivity contribution in [1.29, 1.82) is 0 Å². The summed E-state index contributed by atoms with van der Waals surface area (Å²) >= 11 is 1.34. The Hall–Kier alpha value is -4.24. The molecule has 0 spiro atoms. The zero-order valence-electron chi connectivity index (χ0n) is 20.7. The number of halogens is 1. The van der Waals surface area contributed by atoms with E-state index in [1.165, 1.54) is 42.6 Å². The number of para-hydroxylation sites is 1. The molecule has 0 saturated carbocycles. The molecule has 3 atom stereocenters. The van der Waals surface area contributed by atoms with Crippen LogP contribution in [0, 0.1) is 11.7 Å². The Bertz CT molecular complexity index is 1470. The molecule has 5 rings (SSSR count). The number of methoxy groups -OCH3 is 2. The Labute approximate surface area is 223 Å². The average Bonchev–Trinajstić information content (AvgIpc) is 3.47. The van der Waals surface area contributed by atoms with E-state index in [0.29, 0.717) is 10.6 Å². The number of rotatable bonds is 5. The summed E-state index contributed by atoms with van der Waals surface area (Å²) in [5.74, 6) is -5.20. The van der Waals surface area contributed by atoms with E-state index in [4.69, 9.17) is 15.2 Å². The van der Waals surface area contributed by atoms with Crippen LogP contribution < -0.4 is 10.6 Å². The number of nitrogens with zero attached hydrogens (tertiary/aromatic N) is 1. The number of hydrogen-bond donors (Lipinski definition) is 1. The van der Waals surface area contributed by atoms with Gasteiger partial charge in [-0.05, 0) is 35.6 Å². The Morgan fingerprint density at radius 1 is 1.00 bits per heavy atom. The molecule has 0 saturated heterocycles. The van der Waals surface area contributed by atoms with Gasteiger partial charge in [0.25, 0.3) is 0 Å². The van der Waals surface area contributed by atoms with Crippen molar-refractivity contribution in [1.82, 2.24) is 0 Å². The highest BCUT2D eigenvalue weighted by molar-refractivity contribution is 7.10. The summed E-state index contributed by atoms with van der Waals surface area (Å²) in [6.45, 7) is 0. The normalized spacial score (nSPS) is 21.3. The molecule has 2 aromatic carbocycles. The first kappa shape index (κ1) is 25.4. The zero-order valence-corrected chi connectivity index (χ0v) is 21.5. The highest BCUT2D eigenvalue weighted by Crippen LogP contribution is 2.52. The van der Waals surface area contributed by atoms with Gasteiger partial charge in [-0.1, -0.05) is 48.5 Å². The van der Waals surface area contributed by atoms with E-state index < -0.39 is 41.3 Å². The van der Waals surface area contributed by atoms with Gasteiger partial charge in [0, 0.05) is 22.1 Å². The number of thiophene rings is 1. The van der Waals surface area contributed by atoms with Gasteiger partial charge in [0.2, 0.25) is 0 Å². The van der Waals surface area contributed by atoms with Crippen molar-refractivity contribution in [3.05, 3.63) is 111 Å². The fourth-order valence-electron chi connectivity index (χ4n) is 5.40. The molecule has 2 heterocycles. The molecule has 7 nitrogen and oxygen atoms in total. The first-order chi connectivity index (χ1) is 18.4. The molecular weight excluding hydrogens is 507 g/mol. The summed E-state index contributed by atoms with van der Waals surface area (Å²) in [6, 6.07) is 18.8. The van der Waals surface area contributed by atoms with Crippen LogP contribution in [0.2, 0.25) is 0 Å². The molecular formula is C29H25FN2O5S. The van der Waals surface area contributed by atoms with Gasteiger partial charge in [-0.2, -0.15) is 0 Å². The minimum atomic E-state index is -1.16. The molecule has 194 valence electrons. The largest absolute Gasteiger partial charge is 0.468 e. The average molecular weight is 533 g/mol. The Balaban J connectivity index is 1.83. The van der Waals surface area contributed by atoms with E-state index in [1.807, 2.05) is 35.7 Å². The molecule has 0 radical (unpaired) electrons. The van der Waals surface area contributed by atoms with Crippen molar-refractivity contribution >= 4 is 34.7 Å². The molecule has 1 aromatic heterocycles. The van der Waals surface area contributed by atoms with Crippen LogP contribution in [0.3, 0.4) is 0 Å². The summed E-state index contributed by atoms with van der Waals surface area (Å²) in [5, 5.41) is 1.82. The van der Waals surface area contributed by atoms with E-state index in [0.717, 1.165) is 5.56 Å². The fourth-order valence-corrected chi connectivity index (χ4v) is 6.24. The Kier molecular flexibility index (Phi) is 6.86. The van der Waals surface area contributed by atoms with Gasteiger partial charge in [0.05, 0.1) is 31.4 Å². The lowest BCUT2D eigenvalue weighted by molar-refractivity contribution is -0.150. The molecule has 38 heavy (non-hydrogen) atoms. The van der Waals surface area contributed by atoms with Crippen LogP contribution in [-0.4, -0.2) is 31.9 Å². The first-order valence-electron chi connectivity index (χ1n) is 11.9. The molecule has 0 bridgehead atoms. The van der Waals surface area contributed by atoms with Crippen LogP contribution in [-0.2, 0) is 23.9 Å². The maximum atomic E-state index is 15.2. The number of allylic oxidation sites excluding steroid dienone is 2. The van der Waals surface area contributed by atoms with Crippen LogP contribution in [0.15, 0.2) is 94.8 Å². The predicted octanol–water partition coefficient (Wildman–Crippen LogP) is 4.63. The lowest BCUT2D eigenvalue weighted by Crippen LogP contribution is -2.46. The standard InChI is InChI=1S/C29H25FN2O5S/c1-36-28(34)22-17(16-9-4-3-5-10-16)15-20-23(26(22)33)24(21-13-8-14-38-21)25(29(35)37-2)27(31)32(20)19-12-7-6-11-18(19)30/h3-14,17,22,24H,15,31H2,1-2H3/t17-,22+,24+/m0/s1. The number of ether oxygens (including phenoxy) is 2. The van der Waals surface area contributed by atoms with Crippen molar-refractivity contribution in [2.75, 3.05) is 19.1 Å². The van der Waals surface area contributed by atoms with Crippen molar-refractivity contribution in [2.45, 2.75) is 18.3 Å². The third kappa shape index (κ3) is 4.09. The fraction of sp³-hybridized carbons (Fsp3) is 0.207. The summed E-state index contributed by atoms with van der Waals surface area (Å²) in [4.78, 5) is 42.8. The number of carbonyl (C=O) groups is 3. The third-order valence-electron chi connectivity index (χ3n) is 7.05. The van der Waals surface area contributed by atoms with Gasteiger partial charge >= 0.3 is 11.9 Å². The monoisotopic (exact) mass is 532 g/mol. The zero-order chi connectivity index (χ0) is 27.0. The van der Waals surface area contributed by atoms with Crippen LogP contribution >= 0.6 is 11.3 Å². The van der Waals surface area contributed by atoms with Gasteiger partial charge in [-0.25, -0.2) is 9.18 Å². The maximum Gasteiger partial charge on any atom is 0.338 e. The minimum absolute atomic E-state index is 0.00656. The SMILES string of the molecule is COC(=O)C1=C(N)N(c2ccccc2F)C2=C(C(=O)[C@H](C(=O)OC)[C@H](c3ccccc3)C2)[C@H]1c1cccs1. The Morgan fingerprint density at radius 3 is 2.34 bits per heavy atom. The molecule has 0 fully saturated rings. The Morgan fingerprint density at radius 2 is 1.71 bits per heavy atom. The second-order valence-electron chi connectivity index (χ2n) is 8.97. The number of hydrogen-bond acceptors (Lipinski definition) is 8. The van der Waals surface area contributed by atoms with E-state index in [2.05, 4.69) is 0 Å². The van der Waals surface area contributed by atoms with Gasteiger partial charge in [0.15, 0.2) is 5.78 Å². The molecule has 2 aliphatic rings. The van der Waals surface area contributed by atoms with Crippen molar-refractivity contribution < 1.29 is 28.2 Å². The van der Waals surface area contributed by atoms with Crippen LogP contribution in [0.1, 0.15) is 28.7 Å². The lowest BCUT2D eigenvalue weighted by atomic mass is 9.68. The molecule has 3 aromatic rings. The topological polar surface area (TPSA) is 98.9 Å². The minimum Gasteiger partial charge on any atom is -0.468 e. The number of Topliss-reactive ketones (excluding diaryl/α,β-unsaturated/α-hetero) is 1. The number of nitrogens with two attached hydrogens (primary N) is 1. The smallest absolute Gasteiger partial charge is 0.338 e. The highest BCUT2D eigenvalue weighted by Gasteiger charge is 2.51. The van der Waals surface area contributed by atoms with Gasteiger partial charge in [-0.15, -0.1) is 11.3 Å². The summed E-state index contributed by atoms with van der Waals surface area (Å²) < 4.78 is 25.4.